The van der Waals surface area contributed by atoms with E-state index in [-0.39, 0.29) is 35.8 Å². The molecule has 0 spiro atoms. The molecule has 0 radical (unpaired) electrons. The van der Waals surface area contributed by atoms with Gasteiger partial charge in [-0.25, -0.2) is 0 Å². The molecule has 2 saturated heterocycles. The topological polar surface area (TPSA) is 121 Å². The van der Waals surface area contributed by atoms with E-state index in [9.17, 15) is 32.8 Å². The van der Waals surface area contributed by atoms with E-state index >= 15 is 0 Å². The van der Waals surface area contributed by atoms with Gasteiger partial charge in [-0.1, -0.05) is 6.42 Å². The number of hydrogen-bond acceptors (Lipinski definition) is 6. The lowest BCUT2D eigenvalue weighted by atomic mass is 9.91. The summed E-state index contributed by atoms with van der Waals surface area (Å²) in [5.41, 5.74) is 0. The van der Waals surface area contributed by atoms with Gasteiger partial charge in [-0.3, -0.25) is 14.4 Å². The van der Waals surface area contributed by atoms with Crippen molar-refractivity contribution < 1.29 is 37.0 Å². The molecule has 4 rings (SSSR count). The number of fused-ring (bicyclic) bond motifs is 1. The number of hydrogen-bond donors (Lipinski definition) is 2. The average molecular weight is 523 g/mol. The van der Waals surface area contributed by atoms with Crippen molar-refractivity contribution in [2.24, 2.45) is 17.8 Å². The lowest BCUT2D eigenvalue weighted by molar-refractivity contribution is -0.274. The molecule has 3 aliphatic rings. The Morgan fingerprint density at radius 2 is 1.89 bits per heavy atom. The third kappa shape index (κ3) is 6.64. The smallest absolute Gasteiger partial charge is 0.484 e. The average Bonchev–Trinajstić information content (AvgIpc) is 3.45. The summed E-state index contributed by atoms with van der Waals surface area (Å²) in [7, 11) is 0. The van der Waals surface area contributed by atoms with Crippen molar-refractivity contribution in [1.29, 1.82) is 5.26 Å². The van der Waals surface area contributed by atoms with Crippen molar-refractivity contribution in [3.63, 3.8) is 0 Å². The molecule has 1 aromatic carbocycles. The van der Waals surface area contributed by atoms with Gasteiger partial charge in [0, 0.05) is 19.0 Å². The predicted octanol–water partition coefficient (Wildman–Crippen LogP) is 2.52. The Hall–Kier alpha value is -3.49. The van der Waals surface area contributed by atoms with Crippen LogP contribution in [0, 0.1) is 29.1 Å². The third-order valence-corrected chi connectivity index (χ3v) is 7.29. The summed E-state index contributed by atoms with van der Waals surface area (Å²) in [5, 5.41) is 15.2. The number of carbonyl (C=O) groups excluding carboxylic acids is 3. The zero-order valence-electron chi connectivity index (χ0n) is 20.1. The first-order valence-corrected chi connectivity index (χ1v) is 12.4. The molecule has 2 N–H and O–H groups in total. The molecular formula is C25H29F3N4O5. The minimum Gasteiger partial charge on any atom is -0.484 e. The van der Waals surface area contributed by atoms with E-state index in [1.807, 2.05) is 0 Å². The highest BCUT2D eigenvalue weighted by atomic mass is 19.4. The first-order valence-electron chi connectivity index (χ1n) is 12.4. The van der Waals surface area contributed by atoms with Gasteiger partial charge in [0.05, 0.1) is 6.07 Å². The van der Waals surface area contributed by atoms with Crippen LogP contribution in [-0.4, -0.2) is 60.8 Å². The summed E-state index contributed by atoms with van der Waals surface area (Å²) in [6.45, 7) is 0.604. The van der Waals surface area contributed by atoms with Gasteiger partial charge >= 0.3 is 6.36 Å². The minimum atomic E-state index is -4.81. The number of nitriles is 1. The molecule has 0 aromatic heterocycles. The summed E-state index contributed by atoms with van der Waals surface area (Å²) >= 11 is 0. The fourth-order valence-electron chi connectivity index (χ4n) is 5.61. The molecule has 0 unspecified atom stereocenters. The van der Waals surface area contributed by atoms with E-state index in [1.165, 1.54) is 17.0 Å². The van der Waals surface area contributed by atoms with Crippen LogP contribution in [-0.2, 0) is 14.4 Å². The lowest BCUT2D eigenvalue weighted by Crippen LogP contribution is -2.52. The molecule has 37 heavy (non-hydrogen) atoms. The van der Waals surface area contributed by atoms with Gasteiger partial charge in [-0.15, -0.1) is 13.2 Å². The van der Waals surface area contributed by atoms with E-state index in [0.717, 1.165) is 37.8 Å². The standard InChI is InChI=1S/C25H29F3N4O5/c26-25(27,28)37-19-8-6-18(7-9-19)36-14-21(33)32-13-16-3-1-5-20(16)22(32)24(35)31-17(12-29)11-15-4-2-10-30-23(15)34/h6-9,15-17,20,22H,1-5,10-11,13-14H2,(H,30,34)(H,31,35)/t15-,16-,17-,20-,22-/m0/s1. The first kappa shape index (κ1) is 26.6. The summed E-state index contributed by atoms with van der Waals surface area (Å²) < 4.78 is 46.3. The van der Waals surface area contributed by atoms with Crippen LogP contribution in [0.15, 0.2) is 24.3 Å². The zero-order chi connectivity index (χ0) is 26.6. The van der Waals surface area contributed by atoms with E-state index < -0.39 is 42.6 Å². The second kappa shape index (κ2) is 11.3. The highest BCUT2D eigenvalue weighted by Crippen LogP contribution is 2.42. The molecule has 2 aliphatic heterocycles. The molecular weight excluding hydrogens is 493 g/mol. The third-order valence-electron chi connectivity index (χ3n) is 7.29. The monoisotopic (exact) mass is 522 g/mol. The summed E-state index contributed by atoms with van der Waals surface area (Å²) in [4.78, 5) is 40.0. The van der Waals surface area contributed by atoms with Crippen molar-refractivity contribution in [3.8, 4) is 17.6 Å². The van der Waals surface area contributed by atoms with Crippen LogP contribution in [0.5, 0.6) is 11.5 Å². The number of rotatable bonds is 8. The van der Waals surface area contributed by atoms with Gasteiger partial charge < -0.3 is 25.0 Å². The normalized spacial score (nSPS) is 26.0. The highest BCUT2D eigenvalue weighted by Gasteiger charge is 2.49. The fourth-order valence-corrected chi connectivity index (χ4v) is 5.61. The number of amides is 3. The van der Waals surface area contributed by atoms with Gasteiger partial charge in [-0.05, 0) is 68.2 Å². The number of likely N-dealkylation sites (tertiary alicyclic amines) is 1. The Morgan fingerprint density at radius 1 is 1.16 bits per heavy atom. The number of carbonyl (C=O) groups is 3. The van der Waals surface area contributed by atoms with E-state index in [2.05, 4.69) is 21.4 Å². The summed E-state index contributed by atoms with van der Waals surface area (Å²) in [6, 6.07) is 5.15. The van der Waals surface area contributed by atoms with Crippen molar-refractivity contribution in [2.45, 2.75) is 57.0 Å². The Bertz CT molecular complexity index is 1040. The van der Waals surface area contributed by atoms with Crippen molar-refractivity contribution >= 4 is 17.7 Å². The molecule has 2 heterocycles. The van der Waals surface area contributed by atoms with Crippen molar-refractivity contribution in [3.05, 3.63) is 24.3 Å². The van der Waals surface area contributed by atoms with Crippen molar-refractivity contribution in [2.75, 3.05) is 19.7 Å². The number of ether oxygens (including phenoxy) is 2. The first-order chi connectivity index (χ1) is 17.6. The zero-order valence-corrected chi connectivity index (χ0v) is 20.1. The van der Waals surface area contributed by atoms with Crippen molar-refractivity contribution in [1.82, 2.24) is 15.5 Å². The van der Waals surface area contributed by atoms with Crippen LogP contribution in [0.2, 0.25) is 0 Å². The molecule has 1 aliphatic carbocycles. The van der Waals surface area contributed by atoms with Gasteiger partial charge in [0.25, 0.3) is 5.91 Å². The van der Waals surface area contributed by atoms with Crippen LogP contribution in [0.4, 0.5) is 13.2 Å². The highest BCUT2D eigenvalue weighted by molar-refractivity contribution is 5.89. The van der Waals surface area contributed by atoms with Crippen LogP contribution in [0.1, 0.15) is 38.5 Å². The van der Waals surface area contributed by atoms with Gasteiger partial charge in [0.2, 0.25) is 11.8 Å². The van der Waals surface area contributed by atoms with E-state index in [1.54, 1.807) is 0 Å². The molecule has 12 heteroatoms. The summed E-state index contributed by atoms with van der Waals surface area (Å²) in [5.74, 6) is -1.40. The van der Waals surface area contributed by atoms with Crippen LogP contribution in [0.3, 0.4) is 0 Å². The molecule has 5 atom stereocenters. The lowest BCUT2D eigenvalue weighted by Gasteiger charge is -2.29. The SMILES string of the molecule is N#C[C@H](C[C@@H]1CCCNC1=O)NC(=O)[C@@H]1[C@H]2CCC[C@H]2CN1C(=O)COc1ccc(OC(F)(F)F)cc1. The Kier molecular flexibility index (Phi) is 8.10. The van der Waals surface area contributed by atoms with Gasteiger partial charge in [-0.2, -0.15) is 5.26 Å². The quantitative estimate of drug-likeness (QED) is 0.541. The van der Waals surface area contributed by atoms with Crippen LogP contribution in [0.25, 0.3) is 0 Å². The van der Waals surface area contributed by atoms with Crippen LogP contribution >= 0.6 is 0 Å². The van der Waals surface area contributed by atoms with Gasteiger partial charge in [0.1, 0.15) is 23.6 Å². The molecule has 1 saturated carbocycles. The summed E-state index contributed by atoms with van der Waals surface area (Å²) in [6.07, 6.45) is -0.502. The number of piperidine rings is 1. The maximum absolute atomic E-state index is 13.3. The number of nitrogens with one attached hydrogen (secondary N) is 2. The second-order valence-electron chi connectivity index (χ2n) is 9.71. The molecule has 9 nitrogen and oxygen atoms in total. The van der Waals surface area contributed by atoms with E-state index in [0.29, 0.717) is 19.5 Å². The number of benzene rings is 1. The van der Waals surface area contributed by atoms with Gasteiger partial charge in [0.15, 0.2) is 6.61 Å². The molecule has 1 aromatic rings. The maximum Gasteiger partial charge on any atom is 0.573 e. The minimum absolute atomic E-state index is 0.0277. The molecule has 3 fully saturated rings. The molecule has 0 bridgehead atoms. The number of halogens is 3. The largest absolute Gasteiger partial charge is 0.573 e. The Morgan fingerprint density at radius 3 is 2.57 bits per heavy atom. The molecule has 200 valence electrons. The van der Waals surface area contributed by atoms with Crippen LogP contribution < -0.4 is 20.1 Å². The fraction of sp³-hybridized carbons (Fsp3) is 0.600. The Labute approximate surface area is 212 Å². The second-order valence-corrected chi connectivity index (χ2v) is 9.71. The number of nitrogens with zero attached hydrogens (tertiary/aromatic N) is 2. The Balaban J connectivity index is 1.37. The predicted molar refractivity (Wildman–Crippen MR) is 123 cm³/mol. The molecule has 3 amide bonds. The van der Waals surface area contributed by atoms with E-state index in [4.69, 9.17) is 4.74 Å². The maximum atomic E-state index is 13.3. The number of alkyl halides is 3.